The van der Waals surface area contributed by atoms with Crippen LogP contribution in [-0.4, -0.2) is 30.8 Å². The van der Waals surface area contributed by atoms with Crippen LogP contribution >= 0.6 is 11.3 Å². The molecule has 0 saturated carbocycles. The average molecular weight is 344 g/mol. The molecular weight excluding hydrogens is 328 g/mol. The first kappa shape index (κ1) is 15.0. The summed E-state index contributed by atoms with van der Waals surface area (Å²) in [5.41, 5.74) is 0. The number of fused-ring (bicyclic) bond motifs is 1. The largest absolute Gasteiger partial charge is 0.342 e. The normalized spacial score (nSPS) is 14.2. The lowest BCUT2D eigenvalue weighted by atomic mass is 10.2. The van der Waals surface area contributed by atoms with Crippen LogP contribution in [0.2, 0.25) is 0 Å². The van der Waals surface area contributed by atoms with E-state index in [1.54, 1.807) is 0 Å². The highest BCUT2D eigenvalue weighted by Gasteiger charge is 2.20. The lowest BCUT2D eigenvalue weighted by Gasteiger charge is -2.06. The molecule has 1 N–H and O–H groups in total. The van der Waals surface area contributed by atoms with Gasteiger partial charge >= 0.3 is 0 Å². The zero-order chi connectivity index (χ0) is 16.4. The second-order valence-corrected chi connectivity index (χ2v) is 6.53. The third kappa shape index (κ3) is 2.94. The maximum absolute atomic E-state index is 12.4. The number of nitrogens with zero attached hydrogens (tertiary/aromatic N) is 5. The molecule has 1 amide bonds. The van der Waals surface area contributed by atoms with Gasteiger partial charge in [-0.25, -0.2) is 0 Å². The van der Waals surface area contributed by atoms with E-state index in [0.29, 0.717) is 17.5 Å². The fourth-order valence-corrected chi connectivity index (χ4v) is 3.36. The quantitative estimate of drug-likeness (QED) is 0.778. The van der Waals surface area contributed by atoms with Gasteiger partial charge in [0.25, 0.3) is 11.8 Å². The van der Waals surface area contributed by atoms with Gasteiger partial charge in [0.15, 0.2) is 5.82 Å². The van der Waals surface area contributed by atoms with Crippen molar-refractivity contribution >= 4 is 17.2 Å². The minimum absolute atomic E-state index is 0.190. The van der Waals surface area contributed by atoms with E-state index >= 15 is 0 Å². The van der Waals surface area contributed by atoms with E-state index < -0.39 is 0 Å². The van der Waals surface area contributed by atoms with E-state index in [1.165, 1.54) is 11.3 Å². The molecule has 3 aromatic rings. The highest BCUT2D eigenvalue weighted by molar-refractivity contribution is 7.13. The molecule has 0 aromatic carbocycles. The number of carbonyl (C=O) groups excluding carboxylic acids is 1. The molecule has 0 atom stereocenters. The molecule has 0 saturated heterocycles. The Hall–Kier alpha value is -2.55. The first-order chi connectivity index (χ1) is 11.8. The number of rotatable bonds is 4. The van der Waals surface area contributed by atoms with Gasteiger partial charge in [-0.05, 0) is 24.3 Å². The van der Waals surface area contributed by atoms with Crippen LogP contribution in [0.4, 0.5) is 0 Å². The van der Waals surface area contributed by atoms with Crippen molar-refractivity contribution in [2.45, 2.75) is 38.8 Å². The minimum atomic E-state index is -0.266. The van der Waals surface area contributed by atoms with Crippen LogP contribution in [0, 0.1) is 0 Å². The standard InChI is InChI=1S/C15H16N6O2S/c22-14(13-19-18-12-6-2-1-3-7-21(12)13)16-9-11-17-15(23-20-11)10-5-4-8-24-10/h4-5,8H,1-3,6-7,9H2,(H,16,22). The SMILES string of the molecule is O=C(NCc1noc(-c2cccs2)n1)c1nnc2n1CCCCC2. The molecule has 0 fully saturated rings. The molecular formula is C15H16N6O2S. The van der Waals surface area contributed by atoms with Crippen molar-refractivity contribution in [1.82, 2.24) is 30.2 Å². The Morgan fingerprint density at radius 1 is 1.33 bits per heavy atom. The van der Waals surface area contributed by atoms with Gasteiger partial charge in [0.2, 0.25) is 5.82 Å². The number of hydrogen-bond donors (Lipinski definition) is 1. The second-order valence-electron chi connectivity index (χ2n) is 5.58. The Balaban J connectivity index is 1.43. The number of aryl methyl sites for hydroxylation is 1. The second kappa shape index (κ2) is 6.52. The number of aromatic nitrogens is 5. The third-order valence-electron chi connectivity index (χ3n) is 3.92. The molecule has 4 rings (SSSR count). The molecule has 4 heterocycles. The van der Waals surface area contributed by atoms with E-state index in [0.717, 1.165) is 42.9 Å². The Labute approximate surface area is 141 Å². The Morgan fingerprint density at radius 2 is 2.29 bits per heavy atom. The first-order valence-electron chi connectivity index (χ1n) is 7.88. The summed E-state index contributed by atoms with van der Waals surface area (Å²) in [6.07, 6.45) is 4.16. The molecule has 0 spiro atoms. The van der Waals surface area contributed by atoms with Crippen molar-refractivity contribution in [3.8, 4) is 10.8 Å². The molecule has 3 aromatic heterocycles. The monoisotopic (exact) mass is 344 g/mol. The Kier molecular flexibility index (Phi) is 4.08. The van der Waals surface area contributed by atoms with Crippen molar-refractivity contribution < 1.29 is 9.32 Å². The summed E-state index contributed by atoms with van der Waals surface area (Å²) in [6, 6.07) is 3.83. The third-order valence-corrected chi connectivity index (χ3v) is 4.78. The molecule has 0 bridgehead atoms. The molecule has 0 radical (unpaired) electrons. The summed E-state index contributed by atoms with van der Waals surface area (Å²) in [5, 5.41) is 16.8. The lowest BCUT2D eigenvalue weighted by molar-refractivity contribution is 0.0934. The van der Waals surface area contributed by atoms with Gasteiger partial charge in [-0.1, -0.05) is 17.6 Å². The molecule has 0 aliphatic carbocycles. The number of carbonyl (C=O) groups is 1. The highest BCUT2D eigenvalue weighted by Crippen LogP contribution is 2.22. The summed E-state index contributed by atoms with van der Waals surface area (Å²) < 4.78 is 7.12. The van der Waals surface area contributed by atoms with Gasteiger partial charge in [-0.3, -0.25) is 4.79 Å². The molecule has 1 aliphatic rings. The van der Waals surface area contributed by atoms with Crippen LogP contribution in [0.3, 0.4) is 0 Å². The molecule has 1 aliphatic heterocycles. The van der Waals surface area contributed by atoms with E-state index in [9.17, 15) is 4.79 Å². The van der Waals surface area contributed by atoms with Crippen molar-refractivity contribution in [3.05, 3.63) is 35.0 Å². The number of thiophene rings is 1. The zero-order valence-corrected chi connectivity index (χ0v) is 13.8. The molecule has 8 nitrogen and oxygen atoms in total. The molecule has 0 unspecified atom stereocenters. The first-order valence-corrected chi connectivity index (χ1v) is 8.76. The van der Waals surface area contributed by atoms with Crippen molar-refractivity contribution in [3.63, 3.8) is 0 Å². The number of hydrogen-bond acceptors (Lipinski definition) is 7. The van der Waals surface area contributed by atoms with Gasteiger partial charge in [0.05, 0.1) is 11.4 Å². The summed E-state index contributed by atoms with van der Waals surface area (Å²) >= 11 is 1.52. The summed E-state index contributed by atoms with van der Waals surface area (Å²) in [7, 11) is 0. The van der Waals surface area contributed by atoms with Crippen LogP contribution in [0.15, 0.2) is 22.0 Å². The van der Waals surface area contributed by atoms with Crippen molar-refractivity contribution in [1.29, 1.82) is 0 Å². The Bertz CT molecular complexity index is 838. The lowest BCUT2D eigenvalue weighted by Crippen LogP contribution is -2.27. The fourth-order valence-electron chi connectivity index (χ4n) is 2.72. The van der Waals surface area contributed by atoms with Crippen LogP contribution in [0.5, 0.6) is 0 Å². The van der Waals surface area contributed by atoms with Crippen molar-refractivity contribution in [2.75, 3.05) is 0 Å². The van der Waals surface area contributed by atoms with Crippen LogP contribution < -0.4 is 5.32 Å². The summed E-state index contributed by atoms with van der Waals surface area (Å²) in [5.74, 6) is 1.87. The number of nitrogens with one attached hydrogen (secondary N) is 1. The maximum atomic E-state index is 12.4. The van der Waals surface area contributed by atoms with Crippen LogP contribution in [0.25, 0.3) is 10.8 Å². The predicted octanol–water partition coefficient (Wildman–Crippen LogP) is 2.05. The van der Waals surface area contributed by atoms with Crippen molar-refractivity contribution in [2.24, 2.45) is 0 Å². The van der Waals surface area contributed by atoms with E-state index in [1.807, 2.05) is 22.1 Å². The van der Waals surface area contributed by atoms with Gasteiger partial charge in [0.1, 0.15) is 5.82 Å². The van der Waals surface area contributed by atoms with Gasteiger partial charge in [-0.2, -0.15) is 4.98 Å². The van der Waals surface area contributed by atoms with E-state index in [4.69, 9.17) is 4.52 Å². The van der Waals surface area contributed by atoms with Gasteiger partial charge < -0.3 is 14.4 Å². The molecule has 24 heavy (non-hydrogen) atoms. The topological polar surface area (TPSA) is 98.7 Å². The maximum Gasteiger partial charge on any atom is 0.289 e. The highest BCUT2D eigenvalue weighted by atomic mass is 32.1. The van der Waals surface area contributed by atoms with Gasteiger partial charge in [-0.15, -0.1) is 21.5 Å². The molecule has 9 heteroatoms. The smallest absolute Gasteiger partial charge is 0.289 e. The number of amides is 1. The summed E-state index contributed by atoms with van der Waals surface area (Å²) in [6.45, 7) is 0.978. The predicted molar refractivity (Wildman–Crippen MR) is 86.4 cm³/mol. The minimum Gasteiger partial charge on any atom is -0.342 e. The van der Waals surface area contributed by atoms with Crippen LogP contribution in [0.1, 0.15) is 41.5 Å². The van der Waals surface area contributed by atoms with E-state index in [-0.39, 0.29) is 12.5 Å². The summed E-state index contributed by atoms with van der Waals surface area (Å²) in [4.78, 5) is 17.6. The zero-order valence-electron chi connectivity index (χ0n) is 12.9. The van der Waals surface area contributed by atoms with E-state index in [2.05, 4.69) is 25.7 Å². The van der Waals surface area contributed by atoms with Crippen LogP contribution in [-0.2, 0) is 19.5 Å². The fraction of sp³-hybridized carbons (Fsp3) is 0.400. The Morgan fingerprint density at radius 3 is 3.17 bits per heavy atom. The molecule has 124 valence electrons. The van der Waals surface area contributed by atoms with Gasteiger partial charge in [0, 0.05) is 13.0 Å². The average Bonchev–Trinajstić information content (AvgIpc) is 3.31.